The fourth-order valence-electron chi connectivity index (χ4n) is 2.96. The minimum Gasteiger partial charge on any atom is -0.489 e. The molecule has 0 radical (unpaired) electrons. The molecule has 0 atom stereocenters. The van der Waals surface area contributed by atoms with E-state index in [-0.39, 0.29) is 6.54 Å². The zero-order valence-electron chi connectivity index (χ0n) is 16.0. The Morgan fingerprint density at radius 3 is 2.59 bits per heavy atom. The highest BCUT2D eigenvalue weighted by Crippen LogP contribution is 2.28. The normalized spacial score (nSPS) is 11.1. The molecule has 0 spiro atoms. The van der Waals surface area contributed by atoms with Crippen LogP contribution < -0.4 is 14.4 Å². The van der Waals surface area contributed by atoms with Crippen molar-refractivity contribution in [3.05, 3.63) is 79.4 Å². The van der Waals surface area contributed by atoms with Gasteiger partial charge in [-0.05, 0) is 23.6 Å². The van der Waals surface area contributed by atoms with E-state index in [9.17, 15) is 13.2 Å². The second-order valence-electron chi connectivity index (χ2n) is 6.44. The van der Waals surface area contributed by atoms with E-state index in [0.29, 0.717) is 23.7 Å². The summed E-state index contributed by atoms with van der Waals surface area (Å²) in [5.74, 6) is 0.126. The number of rotatable bonds is 8. The lowest BCUT2D eigenvalue weighted by Gasteiger charge is -2.23. The molecule has 0 aromatic heterocycles. The van der Waals surface area contributed by atoms with Gasteiger partial charge < -0.3 is 10.1 Å². The highest BCUT2D eigenvalue weighted by molar-refractivity contribution is 7.92. The second-order valence-corrected chi connectivity index (χ2v) is 8.35. The average molecular weight is 410 g/mol. The molecule has 0 saturated heterocycles. The van der Waals surface area contributed by atoms with Gasteiger partial charge in [-0.25, -0.2) is 8.42 Å². The Kier molecular flexibility index (Phi) is 6.19. The Bertz CT molecular complexity index is 1140. The van der Waals surface area contributed by atoms with Gasteiger partial charge in [-0.2, -0.15) is 0 Å². The largest absolute Gasteiger partial charge is 0.489 e. The third-order valence-electron chi connectivity index (χ3n) is 4.21. The number of carbonyl (C=O) groups excluding carboxylic acids is 1. The molecule has 0 fully saturated rings. The standard InChI is InChI=1S/C22H22N2O4S/c1-3-14-28-19-11-7-10-18(15-19)23-22(25)16-24(29(2,26)27)21-13-6-9-17-8-4-5-12-20(17)21/h3-13,15H,1,14,16H2,2H3,(H,23,25). The summed E-state index contributed by atoms with van der Waals surface area (Å²) in [4.78, 5) is 12.6. The van der Waals surface area contributed by atoms with Crippen LogP contribution >= 0.6 is 0 Å². The van der Waals surface area contributed by atoms with Crippen molar-refractivity contribution < 1.29 is 17.9 Å². The van der Waals surface area contributed by atoms with Crippen molar-refractivity contribution in [2.45, 2.75) is 0 Å². The van der Waals surface area contributed by atoms with Crippen LogP contribution in [0.4, 0.5) is 11.4 Å². The molecule has 0 aliphatic carbocycles. The van der Waals surface area contributed by atoms with Gasteiger partial charge in [0.25, 0.3) is 0 Å². The van der Waals surface area contributed by atoms with Gasteiger partial charge in [0.2, 0.25) is 15.9 Å². The molecule has 1 amide bonds. The lowest BCUT2D eigenvalue weighted by atomic mass is 10.1. The van der Waals surface area contributed by atoms with E-state index in [1.54, 1.807) is 42.5 Å². The summed E-state index contributed by atoms with van der Waals surface area (Å²) in [5, 5.41) is 4.38. The Morgan fingerprint density at radius 1 is 1.10 bits per heavy atom. The third kappa shape index (κ3) is 5.14. The first-order chi connectivity index (χ1) is 13.9. The van der Waals surface area contributed by atoms with Crippen molar-refractivity contribution in [1.82, 2.24) is 0 Å². The van der Waals surface area contributed by atoms with Gasteiger partial charge in [0.15, 0.2) is 0 Å². The Balaban J connectivity index is 1.85. The van der Waals surface area contributed by atoms with Crippen molar-refractivity contribution >= 4 is 38.1 Å². The van der Waals surface area contributed by atoms with Gasteiger partial charge in [-0.1, -0.05) is 55.1 Å². The number of sulfonamides is 1. The van der Waals surface area contributed by atoms with Crippen LogP contribution in [0.1, 0.15) is 0 Å². The molecule has 0 heterocycles. The summed E-state index contributed by atoms with van der Waals surface area (Å²) in [6.45, 7) is 3.60. The molecule has 3 aromatic rings. The Hall–Kier alpha value is -3.32. The van der Waals surface area contributed by atoms with Crippen molar-refractivity contribution in [3.8, 4) is 5.75 Å². The summed E-state index contributed by atoms with van der Waals surface area (Å²) in [6, 6.07) is 19.7. The molecule has 0 unspecified atom stereocenters. The van der Waals surface area contributed by atoms with E-state index >= 15 is 0 Å². The maximum absolute atomic E-state index is 12.6. The molecular formula is C22H22N2O4S. The van der Waals surface area contributed by atoms with E-state index < -0.39 is 15.9 Å². The fourth-order valence-corrected chi connectivity index (χ4v) is 3.82. The smallest absolute Gasteiger partial charge is 0.245 e. The molecule has 0 aliphatic heterocycles. The molecule has 1 N–H and O–H groups in total. The monoisotopic (exact) mass is 410 g/mol. The van der Waals surface area contributed by atoms with Gasteiger partial charge in [0.05, 0.1) is 11.9 Å². The van der Waals surface area contributed by atoms with Gasteiger partial charge in [-0.3, -0.25) is 9.10 Å². The second kappa shape index (κ2) is 8.79. The van der Waals surface area contributed by atoms with E-state index in [4.69, 9.17) is 4.74 Å². The van der Waals surface area contributed by atoms with Crippen molar-refractivity contribution in [1.29, 1.82) is 0 Å². The average Bonchev–Trinajstić information content (AvgIpc) is 2.69. The molecule has 3 aromatic carbocycles. The molecule has 6 nitrogen and oxygen atoms in total. The number of fused-ring (bicyclic) bond motifs is 1. The zero-order valence-corrected chi connectivity index (χ0v) is 16.9. The molecule has 7 heteroatoms. The van der Waals surface area contributed by atoms with E-state index in [1.807, 2.05) is 30.3 Å². The Labute approximate surface area is 170 Å². The van der Waals surface area contributed by atoms with Crippen LogP contribution in [0.15, 0.2) is 79.4 Å². The number of anilines is 2. The van der Waals surface area contributed by atoms with Gasteiger partial charge in [0.1, 0.15) is 18.9 Å². The number of nitrogens with one attached hydrogen (secondary N) is 1. The summed E-state index contributed by atoms with van der Waals surface area (Å²) >= 11 is 0. The maximum Gasteiger partial charge on any atom is 0.245 e. The molecule has 0 saturated carbocycles. The van der Waals surface area contributed by atoms with Crippen molar-refractivity contribution in [2.24, 2.45) is 0 Å². The number of benzene rings is 3. The van der Waals surface area contributed by atoms with Crippen LogP contribution in [0.5, 0.6) is 5.75 Å². The van der Waals surface area contributed by atoms with Crippen LogP contribution in [0.25, 0.3) is 10.8 Å². The predicted molar refractivity (Wildman–Crippen MR) is 117 cm³/mol. The van der Waals surface area contributed by atoms with E-state index in [0.717, 1.165) is 21.3 Å². The number of carbonyl (C=O) groups is 1. The van der Waals surface area contributed by atoms with Crippen LogP contribution in [-0.2, 0) is 14.8 Å². The fraction of sp³-hybridized carbons (Fsp3) is 0.136. The van der Waals surface area contributed by atoms with Gasteiger partial charge in [0, 0.05) is 17.1 Å². The SMILES string of the molecule is C=CCOc1cccc(NC(=O)CN(c2cccc3ccccc23)S(C)(=O)=O)c1. The quantitative estimate of drug-likeness (QED) is 0.573. The molecule has 3 rings (SSSR count). The topological polar surface area (TPSA) is 75.7 Å². The first kappa shape index (κ1) is 20.4. The third-order valence-corrected chi connectivity index (χ3v) is 5.33. The van der Waals surface area contributed by atoms with Crippen LogP contribution in [0.2, 0.25) is 0 Å². The van der Waals surface area contributed by atoms with Crippen LogP contribution in [0.3, 0.4) is 0 Å². The molecule has 0 aliphatic rings. The summed E-state index contributed by atoms with van der Waals surface area (Å²) in [5.41, 5.74) is 0.978. The first-order valence-electron chi connectivity index (χ1n) is 8.97. The highest BCUT2D eigenvalue weighted by atomic mass is 32.2. The minimum atomic E-state index is -3.68. The van der Waals surface area contributed by atoms with Crippen molar-refractivity contribution in [2.75, 3.05) is 29.0 Å². The predicted octanol–water partition coefficient (Wildman–Crippen LogP) is 3.81. The number of nitrogens with zero attached hydrogens (tertiary/aromatic N) is 1. The summed E-state index contributed by atoms with van der Waals surface area (Å²) in [6.07, 6.45) is 2.71. The van der Waals surface area contributed by atoms with E-state index in [1.165, 1.54) is 0 Å². The molecule has 29 heavy (non-hydrogen) atoms. The minimum absolute atomic E-state index is 0.343. The molecular weight excluding hydrogens is 388 g/mol. The number of hydrogen-bond acceptors (Lipinski definition) is 4. The lowest BCUT2D eigenvalue weighted by molar-refractivity contribution is -0.114. The van der Waals surface area contributed by atoms with Gasteiger partial charge >= 0.3 is 0 Å². The molecule has 150 valence electrons. The molecule has 0 bridgehead atoms. The van der Waals surface area contributed by atoms with Crippen LogP contribution in [0, 0.1) is 0 Å². The highest BCUT2D eigenvalue weighted by Gasteiger charge is 2.22. The first-order valence-corrected chi connectivity index (χ1v) is 10.8. The summed E-state index contributed by atoms with van der Waals surface area (Å²) < 4.78 is 31.5. The zero-order chi connectivity index (χ0) is 20.9. The number of amides is 1. The summed E-state index contributed by atoms with van der Waals surface area (Å²) in [7, 11) is -3.68. The Morgan fingerprint density at radius 2 is 1.83 bits per heavy atom. The van der Waals surface area contributed by atoms with Crippen LogP contribution in [-0.4, -0.2) is 33.7 Å². The maximum atomic E-state index is 12.6. The lowest BCUT2D eigenvalue weighted by Crippen LogP contribution is -2.37. The number of hydrogen-bond donors (Lipinski definition) is 1. The van der Waals surface area contributed by atoms with Gasteiger partial charge in [-0.15, -0.1) is 0 Å². The van der Waals surface area contributed by atoms with Crippen molar-refractivity contribution in [3.63, 3.8) is 0 Å². The number of ether oxygens (including phenoxy) is 1. The van der Waals surface area contributed by atoms with E-state index in [2.05, 4.69) is 11.9 Å².